The van der Waals surface area contributed by atoms with Crippen LogP contribution in [0.15, 0.2) is 47.0 Å². The van der Waals surface area contributed by atoms with Gasteiger partial charge in [0.1, 0.15) is 5.82 Å². The van der Waals surface area contributed by atoms with Crippen LogP contribution < -0.4 is 0 Å². The number of benzene rings is 2. The Kier molecular flexibility index (Phi) is 6.04. The molecule has 0 aliphatic heterocycles. The summed E-state index contributed by atoms with van der Waals surface area (Å²) in [7, 11) is 1.25. The molecule has 0 saturated heterocycles. The van der Waals surface area contributed by atoms with Crippen LogP contribution in [0, 0.1) is 5.82 Å². The predicted molar refractivity (Wildman–Crippen MR) is 110 cm³/mol. The molecule has 0 bridgehead atoms. The van der Waals surface area contributed by atoms with Gasteiger partial charge in [0.15, 0.2) is 11.5 Å². The zero-order valence-corrected chi connectivity index (χ0v) is 17.3. The summed E-state index contributed by atoms with van der Waals surface area (Å²) in [6.45, 7) is 0. The van der Waals surface area contributed by atoms with Crippen molar-refractivity contribution in [3.63, 3.8) is 0 Å². The van der Waals surface area contributed by atoms with Crippen molar-refractivity contribution in [1.82, 2.24) is 5.16 Å². The lowest BCUT2D eigenvalue weighted by molar-refractivity contribution is -0.139. The van der Waals surface area contributed by atoms with E-state index >= 15 is 0 Å². The van der Waals surface area contributed by atoms with Crippen molar-refractivity contribution in [2.75, 3.05) is 7.11 Å². The van der Waals surface area contributed by atoms with E-state index in [-0.39, 0.29) is 17.2 Å². The quantitative estimate of drug-likeness (QED) is 0.319. The molecule has 1 aromatic heterocycles. The van der Waals surface area contributed by atoms with Crippen molar-refractivity contribution >= 4 is 5.97 Å². The SMILES string of the molecule is COC(=O)c1cc(-c2ccc(-c3ccc(F)c(C(F)(F)F)c3)cc2C2CCCCC2)on1. The second-order valence-corrected chi connectivity index (χ2v) is 7.90. The van der Waals surface area contributed by atoms with Gasteiger partial charge in [-0.25, -0.2) is 9.18 Å². The Morgan fingerprint density at radius 2 is 1.72 bits per heavy atom. The van der Waals surface area contributed by atoms with Crippen LogP contribution in [0.1, 0.15) is 59.6 Å². The van der Waals surface area contributed by atoms with E-state index in [2.05, 4.69) is 9.89 Å². The Labute approximate surface area is 182 Å². The molecule has 1 aliphatic rings. The molecular formula is C24H21F4NO3. The van der Waals surface area contributed by atoms with Gasteiger partial charge in [0, 0.05) is 11.6 Å². The fourth-order valence-corrected chi connectivity index (χ4v) is 4.24. The second kappa shape index (κ2) is 8.76. The highest BCUT2D eigenvalue weighted by Crippen LogP contribution is 2.41. The van der Waals surface area contributed by atoms with Crippen LogP contribution in [0.5, 0.6) is 0 Å². The number of methoxy groups -OCH3 is 1. The number of halogens is 4. The standard InChI is InChI=1S/C24H21F4NO3/c1-31-23(30)21-13-22(32-29-21)17-9-7-15(11-18(17)14-5-3-2-4-6-14)16-8-10-20(25)19(12-16)24(26,27)28/h7-14H,2-6H2,1H3. The van der Waals surface area contributed by atoms with Gasteiger partial charge in [-0.1, -0.05) is 48.7 Å². The summed E-state index contributed by atoms with van der Waals surface area (Å²) in [5.41, 5.74) is 1.20. The maximum Gasteiger partial charge on any atom is 0.419 e. The van der Waals surface area contributed by atoms with Gasteiger partial charge in [-0.2, -0.15) is 13.2 Å². The topological polar surface area (TPSA) is 52.3 Å². The number of ether oxygens (including phenoxy) is 1. The van der Waals surface area contributed by atoms with Crippen LogP contribution in [-0.2, 0) is 10.9 Å². The molecule has 4 rings (SSSR count). The normalized spacial score (nSPS) is 15.0. The molecule has 0 N–H and O–H groups in total. The number of hydrogen-bond acceptors (Lipinski definition) is 4. The highest BCUT2D eigenvalue weighted by atomic mass is 19.4. The maximum absolute atomic E-state index is 13.8. The van der Waals surface area contributed by atoms with Gasteiger partial charge in [-0.3, -0.25) is 0 Å². The molecule has 4 nitrogen and oxygen atoms in total. The zero-order valence-electron chi connectivity index (χ0n) is 17.3. The Balaban J connectivity index is 1.80. The average Bonchev–Trinajstić information content (AvgIpc) is 3.28. The van der Waals surface area contributed by atoms with Crippen LogP contribution in [-0.4, -0.2) is 18.2 Å². The summed E-state index contributed by atoms with van der Waals surface area (Å²) < 4.78 is 63.4. The Bertz CT molecular complexity index is 1130. The first-order valence-electron chi connectivity index (χ1n) is 10.3. The van der Waals surface area contributed by atoms with Crippen molar-refractivity contribution in [1.29, 1.82) is 0 Å². The van der Waals surface area contributed by atoms with E-state index in [0.29, 0.717) is 11.3 Å². The van der Waals surface area contributed by atoms with E-state index in [1.54, 1.807) is 12.1 Å². The van der Waals surface area contributed by atoms with E-state index in [4.69, 9.17) is 4.52 Å². The van der Waals surface area contributed by atoms with Crippen molar-refractivity contribution < 1.29 is 31.6 Å². The van der Waals surface area contributed by atoms with Gasteiger partial charge in [-0.05, 0) is 47.6 Å². The Morgan fingerprint density at radius 1 is 1.03 bits per heavy atom. The van der Waals surface area contributed by atoms with Gasteiger partial charge in [0.05, 0.1) is 12.7 Å². The fraction of sp³-hybridized carbons (Fsp3) is 0.333. The first kappa shape index (κ1) is 22.0. The third kappa shape index (κ3) is 4.40. The third-order valence-corrected chi connectivity index (χ3v) is 5.87. The number of rotatable bonds is 4. The molecule has 1 aliphatic carbocycles. The molecular weight excluding hydrogens is 426 g/mol. The molecule has 0 spiro atoms. The van der Waals surface area contributed by atoms with Gasteiger partial charge in [0.25, 0.3) is 0 Å². The van der Waals surface area contributed by atoms with Crippen LogP contribution in [0.3, 0.4) is 0 Å². The van der Waals surface area contributed by atoms with Crippen LogP contribution in [0.2, 0.25) is 0 Å². The molecule has 1 fully saturated rings. The third-order valence-electron chi connectivity index (χ3n) is 5.87. The number of hydrogen-bond donors (Lipinski definition) is 0. The summed E-state index contributed by atoms with van der Waals surface area (Å²) in [4.78, 5) is 11.8. The van der Waals surface area contributed by atoms with Crippen molar-refractivity contribution in [3.8, 4) is 22.5 Å². The van der Waals surface area contributed by atoms with E-state index in [9.17, 15) is 22.4 Å². The lowest BCUT2D eigenvalue weighted by atomic mass is 9.80. The van der Waals surface area contributed by atoms with E-state index in [1.165, 1.54) is 19.2 Å². The highest BCUT2D eigenvalue weighted by molar-refractivity contribution is 5.88. The molecule has 32 heavy (non-hydrogen) atoms. The molecule has 1 saturated carbocycles. The number of aromatic nitrogens is 1. The minimum atomic E-state index is -4.78. The molecule has 2 aromatic carbocycles. The summed E-state index contributed by atoms with van der Waals surface area (Å²) >= 11 is 0. The predicted octanol–water partition coefficient (Wildman–Crippen LogP) is 7.00. The van der Waals surface area contributed by atoms with E-state index < -0.39 is 23.5 Å². The van der Waals surface area contributed by atoms with Gasteiger partial charge < -0.3 is 9.26 Å². The number of esters is 1. The average molecular weight is 447 g/mol. The molecule has 0 atom stereocenters. The minimum Gasteiger partial charge on any atom is -0.464 e. The van der Waals surface area contributed by atoms with Crippen LogP contribution in [0.25, 0.3) is 22.5 Å². The zero-order chi connectivity index (χ0) is 22.9. The smallest absolute Gasteiger partial charge is 0.419 e. The lowest BCUT2D eigenvalue weighted by Gasteiger charge is -2.24. The van der Waals surface area contributed by atoms with E-state index in [0.717, 1.165) is 55.4 Å². The molecule has 168 valence electrons. The van der Waals surface area contributed by atoms with Gasteiger partial charge >= 0.3 is 12.1 Å². The summed E-state index contributed by atoms with van der Waals surface area (Å²) in [6.07, 6.45) is 0.320. The van der Waals surface area contributed by atoms with Crippen molar-refractivity contribution in [3.05, 3.63) is 65.1 Å². The summed E-state index contributed by atoms with van der Waals surface area (Å²) in [6, 6.07) is 9.75. The van der Waals surface area contributed by atoms with Gasteiger partial charge in [-0.15, -0.1) is 0 Å². The number of carbonyl (C=O) groups is 1. The molecule has 8 heteroatoms. The largest absolute Gasteiger partial charge is 0.464 e. The van der Waals surface area contributed by atoms with Gasteiger partial charge in [0.2, 0.25) is 0 Å². The monoisotopic (exact) mass is 447 g/mol. The molecule has 1 heterocycles. The van der Waals surface area contributed by atoms with Crippen molar-refractivity contribution in [2.24, 2.45) is 0 Å². The van der Waals surface area contributed by atoms with E-state index in [1.807, 2.05) is 6.07 Å². The Hall–Kier alpha value is -3.16. The first-order valence-corrected chi connectivity index (χ1v) is 10.3. The molecule has 0 unspecified atom stereocenters. The summed E-state index contributed by atoms with van der Waals surface area (Å²) in [5, 5.41) is 3.76. The molecule has 3 aromatic rings. The molecule has 0 amide bonds. The number of alkyl halides is 3. The lowest BCUT2D eigenvalue weighted by Crippen LogP contribution is -2.08. The summed E-state index contributed by atoms with van der Waals surface area (Å²) in [5.74, 6) is -1.36. The fourth-order valence-electron chi connectivity index (χ4n) is 4.24. The maximum atomic E-state index is 13.8. The molecule has 0 radical (unpaired) electrons. The first-order chi connectivity index (χ1) is 15.3. The minimum absolute atomic E-state index is 0.0366. The Morgan fingerprint density at radius 3 is 2.41 bits per heavy atom. The number of nitrogens with zero attached hydrogens (tertiary/aromatic N) is 1. The van der Waals surface area contributed by atoms with Crippen LogP contribution >= 0.6 is 0 Å². The number of carbonyl (C=O) groups excluding carboxylic acids is 1. The highest BCUT2D eigenvalue weighted by Gasteiger charge is 2.34. The second-order valence-electron chi connectivity index (χ2n) is 7.90. The van der Waals surface area contributed by atoms with Crippen LogP contribution in [0.4, 0.5) is 17.6 Å². The van der Waals surface area contributed by atoms with Crippen molar-refractivity contribution in [2.45, 2.75) is 44.2 Å².